The zero-order valence-corrected chi connectivity index (χ0v) is 13.4. The van der Waals surface area contributed by atoms with E-state index in [9.17, 15) is 4.79 Å². The molecule has 1 aromatic carbocycles. The van der Waals surface area contributed by atoms with E-state index in [1.807, 2.05) is 6.20 Å². The van der Waals surface area contributed by atoms with Gasteiger partial charge in [-0.05, 0) is 24.0 Å². The topological polar surface area (TPSA) is 66.2 Å². The summed E-state index contributed by atoms with van der Waals surface area (Å²) in [7, 11) is 1.65. The molecule has 0 aliphatic rings. The van der Waals surface area contributed by atoms with Gasteiger partial charge in [-0.1, -0.05) is 25.1 Å². The highest BCUT2D eigenvalue weighted by Gasteiger charge is 2.07. The minimum absolute atomic E-state index is 0.0187. The fraction of sp³-hybridized carbons (Fsp3) is 0.471. The number of para-hydroxylation sites is 1. The van der Waals surface area contributed by atoms with Crippen molar-refractivity contribution in [3.8, 4) is 0 Å². The highest BCUT2D eigenvalue weighted by molar-refractivity contribution is 5.86. The smallest absolute Gasteiger partial charge is 0.233 e. The third-order valence-corrected chi connectivity index (χ3v) is 3.75. The van der Waals surface area contributed by atoms with E-state index in [4.69, 9.17) is 4.74 Å². The predicted molar refractivity (Wildman–Crippen MR) is 89.1 cm³/mol. The standard InChI is InChI=1S/C17H25N3O2/c1-3-13-5-4-6-15-14(11-20-17(13)15)7-8-19-16(21)12-18-9-10-22-2/h4-6,11,18,20H,3,7-10,12H2,1-2H3,(H,19,21). The maximum absolute atomic E-state index is 11.7. The summed E-state index contributed by atoms with van der Waals surface area (Å²) in [5.74, 6) is 0.0187. The number of H-pyrrole nitrogens is 1. The second-order valence-electron chi connectivity index (χ2n) is 5.28. The molecule has 0 bridgehead atoms. The van der Waals surface area contributed by atoms with Crippen molar-refractivity contribution in [1.82, 2.24) is 15.6 Å². The second kappa shape index (κ2) is 8.56. The minimum atomic E-state index is 0.0187. The number of amides is 1. The van der Waals surface area contributed by atoms with Crippen LogP contribution in [0.15, 0.2) is 24.4 Å². The fourth-order valence-corrected chi connectivity index (χ4v) is 2.55. The predicted octanol–water partition coefficient (Wildman–Crippen LogP) is 1.63. The van der Waals surface area contributed by atoms with Gasteiger partial charge in [0.15, 0.2) is 0 Å². The first kappa shape index (κ1) is 16.5. The minimum Gasteiger partial charge on any atom is -0.383 e. The lowest BCUT2D eigenvalue weighted by Crippen LogP contribution is -2.36. The normalized spacial score (nSPS) is 11.0. The molecule has 0 aliphatic heterocycles. The Morgan fingerprint density at radius 3 is 2.91 bits per heavy atom. The number of aromatic amines is 1. The Bertz CT molecular complexity index is 607. The molecule has 0 fully saturated rings. The monoisotopic (exact) mass is 303 g/mol. The highest BCUT2D eigenvalue weighted by atomic mass is 16.5. The summed E-state index contributed by atoms with van der Waals surface area (Å²) in [5.41, 5.74) is 3.79. The Morgan fingerprint density at radius 1 is 1.27 bits per heavy atom. The number of ether oxygens (including phenoxy) is 1. The maximum Gasteiger partial charge on any atom is 0.233 e. The Kier molecular flexibility index (Phi) is 6.43. The number of aromatic nitrogens is 1. The molecule has 1 aromatic heterocycles. The third-order valence-electron chi connectivity index (χ3n) is 3.75. The van der Waals surface area contributed by atoms with Crippen LogP contribution in [0.5, 0.6) is 0 Å². The highest BCUT2D eigenvalue weighted by Crippen LogP contribution is 2.22. The first-order valence-corrected chi connectivity index (χ1v) is 7.80. The van der Waals surface area contributed by atoms with Crippen molar-refractivity contribution >= 4 is 16.8 Å². The summed E-state index contributed by atoms with van der Waals surface area (Å²) in [4.78, 5) is 15.0. The number of nitrogens with one attached hydrogen (secondary N) is 3. The molecule has 2 rings (SSSR count). The van der Waals surface area contributed by atoms with Gasteiger partial charge in [-0.3, -0.25) is 4.79 Å². The SMILES string of the molecule is CCc1cccc2c(CCNC(=O)CNCCOC)c[nH]c12. The van der Waals surface area contributed by atoms with Crippen LogP contribution in [0.4, 0.5) is 0 Å². The van der Waals surface area contributed by atoms with E-state index in [0.717, 1.165) is 12.8 Å². The maximum atomic E-state index is 11.7. The molecule has 22 heavy (non-hydrogen) atoms. The van der Waals surface area contributed by atoms with E-state index in [-0.39, 0.29) is 5.91 Å². The number of aryl methyl sites for hydroxylation is 1. The van der Waals surface area contributed by atoms with Gasteiger partial charge in [-0.25, -0.2) is 0 Å². The van der Waals surface area contributed by atoms with Gasteiger partial charge in [0.2, 0.25) is 5.91 Å². The van der Waals surface area contributed by atoms with Gasteiger partial charge in [0.1, 0.15) is 0 Å². The number of hydrogen-bond donors (Lipinski definition) is 3. The van der Waals surface area contributed by atoms with Crippen molar-refractivity contribution in [2.75, 3.05) is 33.4 Å². The van der Waals surface area contributed by atoms with Crippen LogP contribution in [0.1, 0.15) is 18.1 Å². The second-order valence-corrected chi connectivity index (χ2v) is 5.28. The van der Waals surface area contributed by atoms with Gasteiger partial charge in [0.25, 0.3) is 0 Å². The Balaban J connectivity index is 1.81. The van der Waals surface area contributed by atoms with Crippen molar-refractivity contribution in [3.63, 3.8) is 0 Å². The van der Waals surface area contributed by atoms with E-state index < -0.39 is 0 Å². The lowest BCUT2D eigenvalue weighted by molar-refractivity contribution is -0.120. The lowest BCUT2D eigenvalue weighted by Gasteiger charge is -2.06. The van der Waals surface area contributed by atoms with Crippen molar-refractivity contribution in [2.24, 2.45) is 0 Å². The molecule has 0 saturated heterocycles. The summed E-state index contributed by atoms with van der Waals surface area (Å²) in [6.07, 6.45) is 3.89. The average molecular weight is 303 g/mol. The number of carbonyl (C=O) groups excluding carboxylic acids is 1. The molecule has 2 aromatic rings. The van der Waals surface area contributed by atoms with Crippen molar-refractivity contribution in [3.05, 3.63) is 35.5 Å². The zero-order chi connectivity index (χ0) is 15.8. The lowest BCUT2D eigenvalue weighted by atomic mass is 10.1. The van der Waals surface area contributed by atoms with E-state index in [2.05, 4.69) is 40.7 Å². The summed E-state index contributed by atoms with van der Waals surface area (Å²) >= 11 is 0. The Labute approximate surface area is 131 Å². The molecular formula is C17H25N3O2. The van der Waals surface area contributed by atoms with E-state index in [0.29, 0.717) is 26.2 Å². The third kappa shape index (κ3) is 4.32. The summed E-state index contributed by atoms with van der Waals surface area (Å²) < 4.78 is 4.92. The van der Waals surface area contributed by atoms with Crippen molar-refractivity contribution in [1.29, 1.82) is 0 Å². The van der Waals surface area contributed by atoms with E-state index in [1.165, 1.54) is 22.0 Å². The van der Waals surface area contributed by atoms with Gasteiger partial charge in [-0.2, -0.15) is 0 Å². The first-order valence-electron chi connectivity index (χ1n) is 7.80. The summed E-state index contributed by atoms with van der Waals surface area (Å²) in [6.45, 7) is 4.44. The van der Waals surface area contributed by atoms with Crippen LogP contribution in [0.2, 0.25) is 0 Å². The van der Waals surface area contributed by atoms with Crippen LogP contribution in [-0.2, 0) is 22.4 Å². The van der Waals surface area contributed by atoms with Crippen molar-refractivity contribution < 1.29 is 9.53 Å². The van der Waals surface area contributed by atoms with Gasteiger partial charge in [0, 0.05) is 37.3 Å². The molecule has 0 aliphatic carbocycles. The molecule has 120 valence electrons. The molecule has 5 heteroatoms. The van der Waals surface area contributed by atoms with Crippen LogP contribution in [0, 0.1) is 0 Å². The van der Waals surface area contributed by atoms with Crippen LogP contribution in [0.3, 0.4) is 0 Å². The number of methoxy groups -OCH3 is 1. The molecule has 1 heterocycles. The number of carbonyl (C=O) groups is 1. The molecule has 0 atom stereocenters. The summed E-state index contributed by atoms with van der Waals surface area (Å²) in [5, 5.41) is 7.22. The molecule has 5 nitrogen and oxygen atoms in total. The zero-order valence-electron chi connectivity index (χ0n) is 13.4. The Morgan fingerprint density at radius 2 is 2.14 bits per heavy atom. The van der Waals surface area contributed by atoms with Gasteiger partial charge in [-0.15, -0.1) is 0 Å². The molecule has 0 unspecified atom stereocenters. The van der Waals surface area contributed by atoms with Gasteiger partial charge in [0.05, 0.1) is 13.2 Å². The van der Waals surface area contributed by atoms with E-state index in [1.54, 1.807) is 7.11 Å². The van der Waals surface area contributed by atoms with Crippen molar-refractivity contribution in [2.45, 2.75) is 19.8 Å². The van der Waals surface area contributed by atoms with Crippen LogP contribution in [0.25, 0.3) is 10.9 Å². The molecule has 1 amide bonds. The average Bonchev–Trinajstić information content (AvgIpc) is 2.95. The van der Waals surface area contributed by atoms with Crippen LogP contribution in [-0.4, -0.2) is 44.2 Å². The molecular weight excluding hydrogens is 278 g/mol. The first-order chi connectivity index (χ1) is 10.8. The number of rotatable bonds is 9. The molecule has 3 N–H and O–H groups in total. The molecule has 0 radical (unpaired) electrons. The number of hydrogen-bond acceptors (Lipinski definition) is 3. The number of benzene rings is 1. The van der Waals surface area contributed by atoms with Gasteiger partial charge >= 0.3 is 0 Å². The fourth-order valence-electron chi connectivity index (χ4n) is 2.55. The van der Waals surface area contributed by atoms with E-state index >= 15 is 0 Å². The molecule has 0 spiro atoms. The summed E-state index contributed by atoms with van der Waals surface area (Å²) in [6, 6.07) is 6.38. The van der Waals surface area contributed by atoms with Crippen LogP contribution < -0.4 is 10.6 Å². The van der Waals surface area contributed by atoms with Crippen LogP contribution >= 0.6 is 0 Å². The quantitative estimate of drug-likeness (QED) is 0.617. The largest absolute Gasteiger partial charge is 0.383 e. The van der Waals surface area contributed by atoms with Gasteiger partial charge < -0.3 is 20.4 Å². The Hall–Kier alpha value is -1.85. The number of fused-ring (bicyclic) bond motifs is 1. The molecule has 0 saturated carbocycles.